The maximum Gasteiger partial charge on any atom is 0.255 e. The van der Waals surface area contributed by atoms with Gasteiger partial charge in [-0.25, -0.2) is 8.42 Å². The standard InChI is InChI=1S/C19H22N2O6S/c1-25-16-10-14(11-17(13-16)26-2)19(22)20-15-4-3-5-18(12-15)28(23,24)21-6-8-27-9-7-21/h3-5,10-13H,6-9H2,1-2H3,(H,20,22). The molecule has 1 fully saturated rings. The van der Waals surface area contributed by atoms with Gasteiger partial charge in [0.1, 0.15) is 11.5 Å². The molecular formula is C19H22N2O6S. The maximum atomic E-state index is 12.8. The molecule has 1 N–H and O–H groups in total. The number of benzene rings is 2. The van der Waals surface area contributed by atoms with E-state index >= 15 is 0 Å². The molecule has 0 spiro atoms. The third-order valence-electron chi connectivity index (χ3n) is 4.31. The molecule has 3 rings (SSSR count). The molecule has 0 saturated carbocycles. The van der Waals surface area contributed by atoms with Gasteiger partial charge in [0, 0.05) is 30.4 Å². The lowest BCUT2D eigenvalue weighted by molar-refractivity contribution is 0.0730. The lowest BCUT2D eigenvalue weighted by atomic mass is 10.2. The summed E-state index contributed by atoms with van der Waals surface area (Å²) in [5.41, 5.74) is 0.707. The lowest BCUT2D eigenvalue weighted by Crippen LogP contribution is -2.40. The largest absolute Gasteiger partial charge is 0.497 e. The SMILES string of the molecule is COc1cc(OC)cc(C(=O)Nc2cccc(S(=O)(=O)N3CCOCC3)c2)c1. The normalized spacial score (nSPS) is 15.1. The molecule has 1 heterocycles. The van der Waals surface area contributed by atoms with Crippen LogP contribution in [0.2, 0.25) is 0 Å². The average molecular weight is 406 g/mol. The van der Waals surface area contributed by atoms with Crippen molar-refractivity contribution in [2.75, 3.05) is 45.8 Å². The van der Waals surface area contributed by atoms with E-state index in [0.717, 1.165) is 0 Å². The number of methoxy groups -OCH3 is 2. The summed E-state index contributed by atoms with van der Waals surface area (Å²) in [5, 5.41) is 2.72. The van der Waals surface area contributed by atoms with Crippen molar-refractivity contribution in [3.63, 3.8) is 0 Å². The van der Waals surface area contributed by atoms with E-state index in [9.17, 15) is 13.2 Å². The molecule has 28 heavy (non-hydrogen) atoms. The Hall–Kier alpha value is -2.62. The summed E-state index contributed by atoms with van der Waals surface area (Å²) in [4.78, 5) is 12.7. The van der Waals surface area contributed by atoms with Crippen molar-refractivity contribution in [2.45, 2.75) is 4.90 Å². The van der Waals surface area contributed by atoms with Gasteiger partial charge < -0.3 is 19.5 Å². The van der Waals surface area contributed by atoms with Crippen LogP contribution in [0.15, 0.2) is 47.4 Å². The summed E-state index contributed by atoms with van der Waals surface area (Å²) < 4.78 is 42.5. The zero-order valence-electron chi connectivity index (χ0n) is 15.7. The van der Waals surface area contributed by atoms with Gasteiger partial charge in [0.2, 0.25) is 10.0 Å². The number of rotatable bonds is 6. The molecule has 1 aliphatic heterocycles. The van der Waals surface area contributed by atoms with Crippen molar-refractivity contribution in [2.24, 2.45) is 0 Å². The number of morpholine rings is 1. The third kappa shape index (κ3) is 4.44. The Morgan fingerprint density at radius 3 is 2.29 bits per heavy atom. The van der Waals surface area contributed by atoms with E-state index in [0.29, 0.717) is 49.1 Å². The molecule has 150 valence electrons. The molecule has 0 aromatic heterocycles. The van der Waals surface area contributed by atoms with E-state index in [1.165, 1.54) is 30.7 Å². The highest BCUT2D eigenvalue weighted by Gasteiger charge is 2.26. The topological polar surface area (TPSA) is 94.2 Å². The van der Waals surface area contributed by atoms with Crippen molar-refractivity contribution in [1.82, 2.24) is 4.31 Å². The molecule has 9 heteroatoms. The molecule has 0 radical (unpaired) electrons. The monoisotopic (exact) mass is 406 g/mol. The van der Waals surface area contributed by atoms with Gasteiger partial charge in [0.05, 0.1) is 32.3 Å². The highest BCUT2D eigenvalue weighted by Crippen LogP contribution is 2.24. The van der Waals surface area contributed by atoms with Crippen LogP contribution >= 0.6 is 0 Å². The minimum atomic E-state index is -3.64. The van der Waals surface area contributed by atoms with E-state index in [2.05, 4.69) is 5.32 Å². The van der Waals surface area contributed by atoms with Gasteiger partial charge >= 0.3 is 0 Å². The summed E-state index contributed by atoms with van der Waals surface area (Å²) in [6.07, 6.45) is 0. The summed E-state index contributed by atoms with van der Waals surface area (Å²) in [6, 6.07) is 11.0. The van der Waals surface area contributed by atoms with E-state index in [1.807, 2.05) is 0 Å². The number of nitrogens with zero attached hydrogens (tertiary/aromatic N) is 1. The predicted octanol–water partition coefficient (Wildman–Crippen LogP) is 1.98. The van der Waals surface area contributed by atoms with E-state index in [4.69, 9.17) is 14.2 Å². The Labute approximate surface area is 164 Å². The second kappa shape index (κ2) is 8.59. The van der Waals surface area contributed by atoms with Crippen LogP contribution in [-0.4, -0.2) is 59.2 Å². The van der Waals surface area contributed by atoms with Crippen LogP contribution in [0.5, 0.6) is 11.5 Å². The first kappa shape index (κ1) is 20.1. The van der Waals surface area contributed by atoms with Crippen LogP contribution in [0.1, 0.15) is 10.4 Å². The van der Waals surface area contributed by atoms with Crippen molar-refractivity contribution < 1.29 is 27.4 Å². The Bertz CT molecular complexity index is 932. The molecule has 1 saturated heterocycles. The fourth-order valence-corrected chi connectivity index (χ4v) is 4.27. The number of ether oxygens (including phenoxy) is 3. The van der Waals surface area contributed by atoms with Gasteiger partial charge in [0.15, 0.2) is 0 Å². The average Bonchev–Trinajstić information content (AvgIpc) is 2.74. The quantitative estimate of drug-likeness (QED) is 0.788. The second-order valence-electron chi connectivity index (χ2n) is 6.10. The zero-order valence-corrected chi connectivity index (χ0v) is 16.5. The Kier molecular flexibility index (Phi) is 6.18. The summed E-state index contributed by atoms with van der Waals surface area (Å²) in [7, 11) is -0.651. The number of anilines is 1. The predicted molar refractivity (Wildman–Crippen MR) is 104 cm³/mol. The van der Waals surface area contributed by atoms with Gasteiger partial charge in [-0.3, -0.25) is 4.79 Å². The first-order valence-corrected chi connectivity index (χ1v) is 10.1. The van der Waals surface area contributed by atoms with Gasteiger partial charge in [-0.1, -0.05) is 6.07 Å². The van der Waals surface area contributed by atoms with Gasteiger partial charge in [-0.2, -0.15) is 4.31 Å². The molecule has 0 unspecified atom stereocenters. The number of sulfonamides is 1. The van der Waals surface area contributed by atoms with Crippen LogP contribution < -0.4 is 14.8 Å². The minimum Gasteiger partial charge on any atom is -0.497 e. The molecule has 0 aliphatic carbocycles. The highest BCUT2D eigenvalue weighted by molar-refractivity contribution is 7.89. The van der Waals surface area contributed by atoms with Crippen LogP contribution in [0, 0.1) is 0 Å². The molecule has 0 bridgehead atoms. The van der Waals surface area contributed by atoms with Crippen LogP contribution in [-0.2, 0) is 14.8 Å². The number of carbonyl (C=O) groups is 1. The molecule has 8 nitrogen and oxygen atoms in total. The fraction of sp³-hybridized carbons (Fsp3) is 0.316. The zero-order chi connectivity index (χ0) is 20.1. The third-order valence-corrected chi connectivity index (χ3v) is 6.21. The smallest absolute Gasteiger partial charge is 0.255 e. The summed E-state index contributed by atoms with van der Waals surface area (Å²) >= 11 is 0. The van der Waals surface area contributed by atoms with E-state index in [-0.39, 0.29) is 4.90 Å². The molecule has 2 aromatic carbocycles. The molecule has 1 amide bonds. The van der Waals surface area contributed by atoms with Crippen LogP contribution in [0.4, 0.5) is 5.69 Å². The number of hydrogen-bond donors (Lipinski definition) is 1. The highest BCUT2D eigenvalue weighted by atomic mass is 32.2. The van der Waals surface area contributed by atoms with Crippen molar-refractivity contribution in [3.05, 3.63) is 48.0 Å². The fourth-order valence-electron chi connectivity index (χ4n) is 2.81. The number of amides is 1. The van der Waals surface area contributed by atoms with Gasteiger partial charge in [0.25, 0.3) is 5.91 Å². The van der Waals surface area contributed by atoms with Gasteiger partial charge in [-0.05, 0) is 30.3 Å². The first-order chi connectivity index (χ1) is 13.4. The number of nitrogens with one attached hydrogen (secondary N) is 1. The number of carbonyl (C=O) groups excluding carboxylic acids is 1. The van der Waals surface area contributed by atoms with E-state index in [1.54, 1.807) is 30.3 Å². The molecule has 2 aromatic rings. The Morgan fingerprint density at radius 1 is 1.04 bits per heavy atom. The minimum absolute atomic E-state index is 0.121. The summed E-state index contributed by atoms with van der Waals surface area (Å²) in [5.74, 6) is 0.555. The van der Waals surface area contributed by atoms with E-state index < -0.39 is 15.9 Å². The van der Waals surface area contributed by atoms with Crippen molar-refractivity contribution in [3.8, 4) is 11.5 Å². The molecule has 0 atom stereocenters. The Balaban J connectivity index is 1.82. The molecular weight excluding hydrogens is 384 g/mol. The Morgan fingerprint density at radius 2 is 1.68 bits per heavy atom. The van der Waals surface area contributed by atoms with Crippen molar-refractivity contribution in [1.29, 1.82) is 0 Å². The second-order valence-corrected chi connectivity index (χ2v) is 8.04. The lowest BCUT2D eigenvalue weighted by Gasteiger charge is -2.26. The first-order valence-electron chi connectivity index (χ1n) is 8.66. The van der Waals surface area contributed by atoms with Crippen molar-refractivity contribution >= 4 is 21.6 Å². The van der Waals surface area contributed by atoms with Crippen LogP contribution in [0.3, 0.4) is 0 Å². The van der Waals surface area contributed by atoms with Crippen LogP contribution in [0.25, 0.3) is 0 Å². The number of hydrogen-bond acceptors (Lipinski definition) is 6. The van der Waals surface area contributed by atoms with Gasteiger partial charge in [-0.15, -0.1) is 0 Å². The summed E-state index contributed by atoms with van der Waals surface area (Å²) in [6.45, 7) is 1.35. The molecule has 1 aliphatic rings. The maximum absolute atomic E-state index is 12.8.